The van der Waals surface area contributed by atoms with E-state index in [0.29, 0.717) is 17.7 Å². The number of amides is 2. The molecule has 5 heteroatoms. The molecule has 0 atom stereocenters. The van der Waals surface area contributed by atoms with Crippen LogP contribution in [0.4, 0.5) is 5.69 Å². The monoisotopic (exact) mass is 383 g/mol. The van der Waals surface area contributed by atoms with Crippen LogP contribution in [0.15, 0.2) is 24.3 Å². The van der Waals surface area contributed by atoms with Crippen LogP contribution in [0, 0.1) is 17.8 Å². The molecule has 2 aliphatic heterocycles. The van der Waals surface area contributed by atoms with Gasteiger partial charge in [0.05, 0.1) is 0 Å². The zero-order valence-corrected chi connectivity index (χ0v) is 17.3. The highest BCUT2D eigenvalue weighted by molar-refractivity contribution is 5.95. The Hall–Kier alpha value is -2.04. The predicted octanol–water partition coefficient (Wildman–Crippen LogP) is 3.25. The van der Waals surface area contributed by atoms with Gasteiger partial charge in [-0.25, -0.2) is 0 Å². The number of carbonyl (C=O) groups is 2. The molecule has 2 saturated heterocycles. The lowest BCUT2D eigenvalue weighted by atomic mass is 9.78. The van der Waals surface area contributed by atoms with Crippen molar-refractivity contribution in [2.24, 2.45) is 17.8 Å². The van der Waals surface area contributed by atoms with Gasteiger partial charge in [-0.05, 0) is 68.6 Å². The van der Waals surface area contributed by atoms with Gasteiger partial charge in [-0.3, -0.25) is 9.59 Å². The number of hydrogen-bond acceptors (Lipinski definition) is 3. The van der Waals surface area contributed by atoms with E-state index < -0.39 is 0 Å². The van der Waals surface area contributed by atoms with Crippen LogP contribution < -0.4 is 4.90 Å². The van der Waals surface area contributed by atoms with Crippen molar-refractivity contribution in [1.29, 1.82) is 0 Å². The van der Waals surface area contributed by atoms with E-state index in [0.717, 1.165) is 81.9 Å². The molecule has 0 unspecified atom stereocenters. The Morgan fingerprint density at radius 3 is 1.96 bits per heavy atom. The van der Waals surface area contributed by atoms with Crippen molar-refractivity contribution in [3.63, 3.8) is 0 Å². The summed E-state index contributed by atoms with van der Waals surface area (Å²) in [7, 11) is 4.00. The molecule has 3 aliphatic rings. The van der Waals surface area contributed by atoms with Crippen molar-refractivity contribution in [2.75, 3.05) is 45.2 Å². The molecule has 2 amide bonds. The molecule has 3 fully saturated rings. The topological polar surface area (TPSA) is 43.9 Å². The highest BCUT2D eigenvalue weighted by Gasteiger charge is 2.37. The Labute approximate surface area is 168 Å². The molecule has 0 spiro atoms. The molecule has 1 aromatic rings. The SMILES string of the molecule is CN(C)c1cccc(C(=O)N2CCC(C3CCN(C(=O)C4CC4)CC3)CC2)c1. The van der Waals surface area contributed by atoms with Gasteiger partial charge in [-0.15, -0.1) is 0 Å². The van der Waals surface area contributed by atoms with Gasteiger partial charge >= 0.3 is 0 Å². The number of rotatable bonds is 4. The van der Waals surface area contributed by atoms with Gasteiger partial charge < -0.3 is 14.7 Å². The van der Waals surface area contributed by atoms with E-state index in [2.05, 4.69) is 4.90 Å². The maximum Gasteiger partial charge on any atom is 0.253 e. The Morgan fingerprint density at radius 1 is 0.857 bits per heavy atom. The van der Waals surface area contributed by atoms with Crippen LogP contribution in [-0.4, -0.2) is 61.9 Å². The van der Waals surface area contributed by atoms with Crippen LogP contribution >= 0.6 is 0 Å². The van der Waals surface area contributed by atoms with E-state index in [1.807, 2.05) is 48.2 Å². The average molecular weight is 384 g/mol. The van der Waals surface area contributed by atoms with Crippen molar-refractivity contribution in [3.05, 3.63) is 29.8 Å². The van der Waals surface area contributed by atoms with Gasteiger partial charge in [0.15, 0.2) is 0 Å². The molecule has 1 aliphatic carbocycles. The number of benzene rings is 1. The zero-order chi connectivity index (χ0) is 19.7. The fourth-order valence-corrected chi connectivity index (χ4v) is 4.85. The Bertz CT molecular complexity index is 712. The lowest BCUT2D eigenvalue weighted by Crippen LogP contribution is -2.44. The number of carbonyl (C=O) groups excluding carboxylic acids is 2. The second-order valence-electron chi connectivity index (χ2n) is 9.01. The van der Waals surface area contributed by atoms with Crippen LogP contribution in [0.2, 0.25) is 0 Å². The molecule has 2 heterocycles. The van der Waals surface area contributed by atoms with Gasteiger partial charge in [0.25, 0.3) is 5.91 Å². The Kier molecular flexibility index (Phi) is 5.61. The number of nitrogens with zero attached hydrogens (tertiary/aromatic N) is 3. The third kappa shape index (κ3) is 4.18. The van der Waals surface area contributed by atoms with Crippen LogP contribution in [0.5, 0.6) is 0 Å². The predicted molar refractivity (Wildman–Crippen MR) is 111 cm³/mol. The minimum Gasteiger partial charge on any atom is -0.378 e. The smallest absolute Gasteiger partial charge is 0.253 e. The fraction of sp³-hybridized carbons (Fsp3) is 0.652. The molecule has 0 aromatic heterocycles. The first-order valence-corrected chi connectivity index (χ1v) is 10.9. The minimum absolute atomic E-state index is 0.159. The van der Waals surface area contributed by atoms with Gasteiger partial charge in [0.2, 0.25) is 5.91 Å². The fourth-order valence-electron chi connectivity index (χ4n) is 4.85. The summed E-state index contributed by atoms with van der Waals surface area (Å²) < 4.78 is 0. The number of piperidine rings is 2. The second-order valence-corrected chi connectivity index (χ2v) is 9.01. The largest absolute Gasteiger partial charge is 0.378 e. The summed E-state index contributed by atoms with van der Waals surface area (Å²) in [5, 5.41) is 0. The molecular weight excluding hydrogens is 350 g/mol. The lowest BCUT2D eigenvalue weighted by Gasteiger charge is -2.40. The quantitative estimate of drug-likeness (QED) is 0.802. The van der Waals surface area contributed by atoms with Crippen LogP contribution in [0.25, 0.3) is 0 Å². The molecule has 5 nitrogen and oxygen atoms in total. The van der Waals surface area contributed by atoms with E-state index in [-0.39, 0.29) is 5.91 Å². The van der Waals surface area contributed by atoms with Crippen LogP contribution in [0.3, 0.4) is 0 Å². The average Bonchev–Trinajstić information content (AvgIpc) is 3.58. The molecular formula is C23H33N3O2. The summed E-state index contributed by atoms with van der Waals surface area (Å²) in [6.45, 7) is 3.60. The second kappa shape index (κ2) is 8.14. The van der Waals surface area contributed by atoms with E-state index in [1.165, 1.54) is 0 Å². The van der Waals surface area contributed by atoms with Crippen molar-refractivity contribution in [3.8, 4) is 0 Å². The number of hydrogen-bond donors (Lipinski definition) is 0. The van der Waals surface area contributed by atoms with E-state index in [4.69, 9.17) is 0 Å². The van der Waals surface area contributed by atoms with Crippen molar-refractivity contribution in [1.82, 2.24) is 9.80 Å². The first-order valence-electron chi connectivity index (χ1n) is 10.9. The number of likely N-dealkylation sites (tertiary alicyclic amines) is 2. The first-order chi connectivity index (χ1) is 13.5. The minimum atomic E-state index is 0.159. The van der Waals surface area contributed by atoms with Gasteiger partial charge in [-0.2, -0.15) is 0 Å². The van der Waals surface area contributed by atoms with Gasteiger partial charge in [-0.1, -0.05) is 6.07 Å². The van der Waals surface area contributed by atoms with Crippen LogP contribution in [0.1, 0.15) is 48.9 Å². The summed E-state index contributed by atoms with van der Waals surface area (Å²) in [6, 6.07) is 7.91. The normalized spacial score (nSPS) is 21.6. The lowest BCUT2D eigenvalue weighted by molar-refractivity contribution is -0.134. The summed E-state index contributed by atoms with van der Waals surface area (Å²) in [5.41, 5.74) is 1.85. The third-order valence-electron chi connectivity index (χ3n) is 6.88. The van der Waals surface area contributed by atoms with E-state index in [9.17, 15) is 9.59 Å². The summed E-state index contributed by atoms with van der Waals surface area (Å²) in [5.74, 6) is 2.33. The van der Waals surface area contributed by atoms with Crippen molar-refractivity contribution >= 4 is 17.5 Å². The molecule has 0 N–H and O–H groups in total. The van der Waals surface area contributed by atoms with Gasteiger partial charge in [0, 0.05) is 57.4 Å². The van der Waals surface area contributed by atoms with E-state index >= 15 is 0 Å². The Balaban J connectivity index is 1.27. The standard InChI is InChI=1S/C23H33N3O2/c1-24(2)21-5-3-4-20(16-21)23(28)26-14-10-18(11-15-26)17-8-12-25(13-9-17)22(27)19-6-7-19/h3-5,16-19H,6-15H2,1-2H3. The first kappa shape index (κ1) is 19.3. The van der Waals surface area contributed by atoms with E-state index in [1.54, 1.807) is 0 Å². The van der Waals surface area contributed by atoms with Crippen molar-refractivity contribution < 1.29 is 9.59 Å². The highest BCUT2D eigenvalue weighted by atomic mass is 16.2. The molecule has 4 rings (SSSR count). The zero-order valence-electron chi connectivity index (χ0n) is 17.3. The molecule has 1 aromatic carbocycles. The Morgan fingerprint density at radius 2 is 1.43 bits per heavy atom. The highest BCUT2D eigenvalue weighted by Crippen LogP contribution is 2.36. The van der Waals surface area contributed by atoms with Crippen molar-refractivity contribution in [2.45, 2.75) is 38.5 Å². The molecule has 0 radical (unpaired) electrons. The third-order valence-corrected chi connectivity index (χ3v) is 6.88. The molecule has 152 valence electrons. The molecule has 1 saturated carbocycles. The molecule has 28 heavy (non-hydrogen) atoms. The molecule has 0 bridgehead atoms. The maximum absolute atomic E-state index is 12.9. The summed E-state index contributed by atoms with van der Waals surface area (Å²) in [6.07, 6.45) is 6.68. The summed E-state index contributed by atoms with van der Waals surface area (Å²) in [4.78, 5) is 31.3. The van der Waals surface area contributed by atoms with Gasteiger partial charge in [0.1, 0.15) is 0 Å². The maximum atomic E-state index is 12.9. The number of anilines is 1. The van der Waals surface area contributed by atoms with Crippen LogP contribution in [-0.2, 0) is 4.79 Å². The summed E-state index contributed by atoms with van der Waals surface area (Å²) >= 11 is 0.